The molecule has 2 heterocycles. The molecule has 0 spiro atoms. The number of nitrogens with zero attached hydrogens (tertiary/aromatic N) is 4. The van der Waals surface area contributed by atoms with E-state index in [-0.39, 0.29) is 24.0 Å². The molecule has 140 valence electrons. The predicted octanol–water partition coefficient (Wildman–Crippen LogP) is 0.411. The molecule has 10 nitrogen and oxygen atoms in total. The molecule has 0 bridgehead atoms. The SMILES string of the molecule is CN1CCN(CCC(=O)N/N=C/c2cc3c(cc2[N+](=O)[O-])OCO3)CC1. The fourth-order valence-electron chi connectivity index (χ4n) is 2.77. The lowest BCUT2D eigenvalue weighted by atomic mass is 10.1. The Bertz CT molecular complexity index is 715. The average molecular weight is 363 g/mol. The third kappa shape index (κ3) is 4.46. The summed E-state index contributed by atoms with van der Waals surface area (Å²) in [6.07, 6.45) is 1.57. The van der Waals surface area contributed by atoms with Crippen molar-refractivity contribution in [3.8, 4) is 11.5 Å². The van der Waals surface area contributed by atoms with Gasteiger partial charge in [-0.1, -0.05) is 0 Å². The second-order valence-electron chi connectivity index (χ2n) is 6.21. The smallest absolute Gasteiger partial charge is 0.282 e. The van der Waals surface area contributed by atoms with Crippen LogP contribution in [-0.4, -0.2) is 73.4 Å². The number of hydrogen-bond donors (Lipinski definition) is 1. The Kier molecular flexibility index (Phi) is 5.64. The largest absolute Gasteiger partial charge is 0.454 e. The molecular weight excluding hydrogens is 342 g/mol. The fourth-order valence-corrected chi connectivity index (χ4v) is 2.77. The Balaban J connectivity index is 1.53. The molecule has 0 aliphatic carbocycles. The molecular formula is C16H21N5O5. The third-order valence-electron chi connectivity index (χ3n) is 4.36. The molecule has 1 amide bonds. The van der Waals surface area contributed by atoms with Crippen molar-refractivity contribution >= 4 is 17.8 Å². The number of piperazine rings is 1. The first-order chi connectivity index (χ1) is 12.5. The number of nitro groups is 1. The number of hydrazone groups is 1. The molecule has 2 aliphatic heterocycles. The van der Waals surface area contributed by atoms with Crippen molar-refractivity contribution < 1.29 is 19.2 Å². The van der Waals surface area contributed by atoms with Gasteiger partial charge in [0.05, 0.1) is 22.8 Å². The summed E-state index contributed by atoms with van der Waals surface area (Å²) in [5, 5.41) is 15.0. The lowest BCUT2D eigenvalue weighted by Gasteiger charge is -2.32. The molecule has 2 aliphatic rings. The number of ether oxygens (including phenoxy) is 2. The zero-order valence-corrected chi connectivity index (χ0v) is 14.5. The minimum atomic E-state index is -0.529. The van der Waals surface area contributed by atoms with Gasteiger partial charge in [-0.2, -0.15) is 5.10 Å². The quantitative estimate of drug-likeness (QED) is 0.443. The van der Waals surface area contributed by atoms with Crippen LogP contribution in [-0.2, 0) is 4.79 Å². The van der Waals surface area contributed by atoms with E-state index in [2.05, 4.69) is 27.4 Å². The molecule has 1 aromatic rings. The van der Waals surface area contributed by atoms with Crippen molar-refractivity contribution in [3.05, 3.63) is 27.8 Å². The van der Waals surface area contributed by atoms with E-state index in [0.29, 0.717) is 24.5 Å². The molecule has 0 saturated carbocycles. The molecule has 26 heavy (non-hydrogen) atoms. The van der Waals surface area contributed by atoms with Gasteiger partial charge in [0.2, 0.25) is 12.7 Å². The van der Waals surface area contributed by atoms with E-state index in [4.69, 9.17) is 9.47 Å². The standard InChI is InChI=1S/C16H21N5O5/c1-19-4-6-20(7-5-19)3-2-16(22)18-17-10-12-8-14-15(26-11-25-14)9-13(12)21(23)24/h8-10H,2-7,11H2,1H3,(H,18,22)/b17-10+. The number of nitrogens with one attached hydrogen (secondary N) is 1. The maximum atomic E-state index is 11.9. The first kappa shape index (κ1) is 18.1. The van der Waals surface area contributed by atoms with Gasteiger partial charge in [0.25, 0.3) is 5.69 Å². The maximum absolute atomic E-state index is 11.9. The Morgan fingerprint density at radius 2 is 2.00 bits per heavy atom. The topological polar surface area (TPSA) is 110 Å². The summed E-state index contributed by atoms with van der Waals surface area (Å²) < 4.78 is 10.3. The van der Waals surface area contributed by atoms with Gasteiger partial charge in [-0.25, -0.2) is 5.43 Å². The molecule has 1 saturated heterocycles. The van der Waals surface area contributed by atoms with E-state index in [1.807, 2.05) is 0 Å². The van der Waals surface area contributed by atoms with Gasteiger partial charge in [0.15, 0.2) is 11.5 Å². The highest BCUT2D eigenvalue weighted by Gasteiger charge is 2.22. The van der Waals surface area contributed by atoms with E-state index in [1.54, 1.807) is 0 Å². The van der Waals surface area contributed by atoms with Crippen LogP contribution in [0.2, 0.25) is 0 Å². The fraction of sp³-hybridized carbons (Fsp3) is 0.500. The third-order valence-corrected chi connectivity index (χ3v) is 4.36. The molecule has 0 atom stereocenters. The van der Waals surface area contributed by atoms with Crippen LogP contribution < -0.4 is 14.9 Å². The Labute approximate surface area is 150 Å². The van der Waals surface area contributed by atoms with E-state index in [1.165, 1.54) is 18.3 Å². The average Bonchev–Trinajstić information content (AvgIpc) is 3.08. The normalized spacial score (nSPS) is 17.6. The number of hydrogen-bond acceptors (Lipinski definition) is 8. The first-order valence-corrected chi connectivity index (χ1v) is 8.34. The van der Waals surface area contributed by atoms with E-state index in [0.717, 1.165) is 26.2 Å². The Morgan fingerprint density at radius 1 is 1.31 bits per heavy atom. The lowest BCUT2D eigenvalue weighted by molar-refractivity contribution is -0.385. The lowest BCUT2D eigenvalue weighted by Crippen LogP contribution is -2.45. The minimum absolute atomic E-state index is 0.0239. The van der Waals surface area contributed by atoms with Crippen LogP contribution in [0, 0.1) is 10.1 Å². The summed E-state index contributed by atoms with van der Waals surface area (Å²) in [5.41, 5.74) is 2.48. The van der Waals surface area contributed by atoms with E-state index < -0.39 is 4.92 Å². The van der Waals surface area contributed by atoms with Crippen LogP contribution in [0.3, 0.4) is 0 Å². The second-order valence-corrected chi connectivity index (χ2v) is 6.21. The van der Waals surface area contributed by atoms with Crippen LogP contribution in [0.4, 0.5) is 5.69 Å². The van der Waals surface area contributed by atoms with Gasteiger partial charge < -0.3 is 19.3 Å². The summed E-state index contributed by atoms with van der Waals surface area (Å²) in [6.45, 7) is 4.56. The van der Waals surface area contributed by atoms with Crippen molar-refractivity contribution in [2.45, 2.75) is 6.42 Å². The number of rotatable bonds is 6. The van der Waals surface area contributed by atoms with Gasteiger partial charge in [0, 0.05) is 39.1 Å². The maximum Gasteiger partial charge on any atom is 0.282 e. The van der Waals surface area contributed by atoms with Crippen molar-refractivity contribution in [2.75, 3.05) is 46.6 Å². The number of carbonyl (C=O) groups is 1. The van der Waals surface area contributed by atoms with Gasteiger partial charge >= 0.3 is 0 Å². The zero-order chi connectivity index (χ0) is 18.5. The molecule has 0 unspecified atom stereocenters. The Hall–Kier alpha value is -2.72. The summed E-state index contributed by atoms with van der Waals surface area (Å²) in [6, 6.07) is 2.76. The molecule has 0 aromatic heterocycles. The summed E-state index contributed by atoms with van der Waals surface area (Å²) >= 11 is 0. The monoisotopic (exact) mass is 363 g/mol. The molecule has 1 N–H and O–H groups in total. The van der Waals surface area contributed by atoms with E-state index in [9.17, 15) is 14.9 Å². The van der Waals surface area contributed by atoms with Gasteiger partial charge in [-0.15, -0.1) is 0 Å². The first-order valence-electron chi connectivity index (χ1n) is 8.34. The summed E-state index contributed by atoms with van der Waals surface area (Å²) in [7, 11) is 2.08. The van der Waals surface area contributed by atoms with Crippen molar-refractivity contribution in [2.24, 2.45) is 5.10 Å². The van der Waals surface area contributed by atoms with Gasteiger partial charge in [-0.3, -0.25) is 14.9 Å². The van der Waals surface area contributed by atoms with Crippen LogP contribution in [0.1, 0.15) is 12.0 Å². The number of likely N-dealkylation sites (N-methyl/N-ethyl adjacent to an activating group) is 1. The molecule has 1 aromatic carbocycles. The Morgan fingerprint density at radius 3 is 2.69 bits per heavy atom. The minimum Gasteiger partial charge on any atom is -0.454 e. The second kappa shape index (κ2) is 8.11. The molecule has 1 fully saturated rings. The van der Waals surface area contributed by atoms with Crippen LogP contribution >= 0.6 is 0 Å². The van der Waals surface area contributed by atoms with Gasteiger partial charge in [0.1, 0.15) is 0 Å². The molecule has 3 rings (SSSR count). The van der Waals surface area contributed by atoms with Crippen LogP contribution in [0.15, 0.2) is 17.2 Å². The zero-order valence-electron chi connectivity index (χ0n) is 14.5. The predicted molar refractivity (Wildman–Crippen MR) is 93.5 cm³/mol. The number of carbonyl (C=O) groups excluding carboxylic acids is 1. The van der Waals surface area contributed by atoms with Crippen molar-refractivity contribution in [3.63, 3.8) is 0 Å². The highest BCUT2D eigenvalue weighted by Crippen LogP contribution is 2.37. The van der Waals surface area contributed by atoms with E-state index >= 15 is 0 Å². The van der Waals surface area contributed by atoms with Crippen LogP contribution in [0.5, 0.6) is 11.5 Å². The van der Waals surface area contributed by atoms with Crippen LogP contribution in [0.25, 0.3) is 0 Å². The van der Waals surface area contributed by atoms with Gasteiger partial charge in [-0.05, 0) is 13.1 Å². The highest BCUT2D eigenvalue weighted by molar-refractivity contribution is 5.88. The van der Waals surface area contributed by atoms with Crippen molar-refractivity contribution in [1.29, 1.82) is 0 Å². The number of amides is 1. The summed E-state index contributed by atoms with van der Waals surface area (Å²) in [5.74, 6) is 0.507. The highest BCUT2D eigenvalue weighted by atomic mass is 16.7. The number of fused-ring (bicyclic) bond motifs is 1. The number of nitro benzene ring substituents is 1. The van der Waals surface area contributed by atoms with Crippen molar-refractivity contribution in [1.82, 2.24) is 15.2 Å². The number of benzene rings is 1. The summed E-state index contributed by atoms with van der Waals surface area (Å²) in [4.78, 5) is 27.0. The molecule has 10 heteroatoms. The molecule has 0 radical (unpaired) electrons.